The average Bonchev–Trinajstić information content (AvgIpc) is 3.49. The van der Waals surface area contributed by atoms with Gasteiger partial charge in [-0.1, -0.05) is 56.2 Å². The maximum Gasteiger partial charge on any atom is 0.295 e. The summed E-state index contributed by atoms with van der Waals surface area (Å²) in [7, 11) is 1.57. The monoisotopic (exact) mass is 555 g/mol. The molecule has 2 aliphatic rings. The maximum atomic E-state index is 13.5. The second-order valence-electron chi connectivity index (χ2n) is 10.6. The Morgan fingerprint density at radius 3 is 2.59 bits per heavy atom. The number of carbonyl (C=O) groups excluding carboxylic acids is 2. The molecule has 7 heteroatoms. The summed E-state index contributed by atoms with van der Waals surface area (Å²) in [5, 5.41) is 11.6. The lowest BCUT2D eigenvalue weighted by Crippen LogP contribution is -2.31. The highest BCUT2D eigenvalue weighted by Gasteiger charge is 2.46. The maximum absolute atomic E-state index is 13.5. The number of fused-ring (bicyclic) bond motifs is 1. The number of rotatable bonds is 11. The van der Waals surface area contributed by atoms with E-state index in [0.717, 1.165) is 36.1 Å². The van der Waals surface area contributed by atoms with Crippen molar-refractivity contribution in [2.75, 3.05) is 20.3 Å². The van der Waals surface area contributed by atoms with E-state index in [9.17, 15) is 14.7 Å². The number of nitrogens with zero attached hydrogens (tertiary/aromatic N) is 1. The lowest BCUT2D eigenvalue weighted by molar-refractivity contribution is -0.139. The Kier molecular flexibility index (Phi) is 8.62. The van der Waals surface area contributed by atoms with Gasteiger partial charge >= 0.3 is 0 Å². The number of aliphatic hydroxyl groups excluding tert-OH is 1. The fraction of sp³-hybridized carbons (Fsp3) is 0.353. The predicted octanol–water partition coefficient (Wildman–Crippen LogP) is 6.25. The summed E-state index contributed by atoms with van der Waals surface area (Å²) in [5.41, 5.74) is 3.22. The molecule has 2 heterocycles. The van der Waals surface area contributed by atoms with E-state index in [1.165, 1.54) is 0 Å². The van der Waals surface area contributed by atoms with Crippen molar-refractivity contribution in [3.05, 3.63) is 94.6 Å². The molecule has 0 radical (unpaired) electrons. The van der Waals surface area contributed by atoms with Crippen LogP contribution in [0.25, 0.3) is 5.76 Å². The standard InChI is InChI=1S/C34H37NO6/c1-4-5-9-18-40-28-15-12-24(21-29(28)39-3)31-30(32(36)25-13-14-27-26(20-25)19-22(2)41-27)33(37)34(38)35(31)17-16-23-10-7-6-8-11-23/h6-8,10-15,20-22,31,36H,4-5,9,16-19H2,1-3H3/t22-,31+/m1/s1. The number of Topliss-reactive ketones (excluding diaryl/α,β-unsaturated/α-hetero) is 1. The molecule has 3 aromatic rings. The van der Waals surface area contributed by atoms with Gasteiger partial charge in [-0.2, -0.15) is 0 Å². The number of aliphatic hydroxyl groups is 1. The molecule has 0 spiro atoms. The second-order valence-corrected chi connectivity index (χ2v) is 10.6. The van der Waals surface area contributed by atoms with Crippen molar-refractivity contribution >= 4 is 17.4 Å². The summed E-state index contributed by atoms with van der Waals surface area (Å²) >= 11 is 0. The molecule has 1 saturated heterocycles. The van der Waals surface area contributed by atoms with E-state index in [1.54, 1.807) is 24.1 Å². The summed E-state index contributed by atoms with van der Waals surface area (Å²) in [5.74, 6) is 0.344. The number of hydrogen-bond acceptors (Lipinski definition) is 6. The van der Waals surface area contributed by atoms with Gasteiger partial charge in [-0.05, 0) is 66.8 Å². The van der Waals surface area contributed by atoms with Gasteiger partial charge in [-0.25, -0.2) is 0 Å². The molecule has 214 valence electrons. The Bertz CT molecular complexity index is 1450. The highest BCUT2D eigenvalue weighted by Crippen LogP contribution is 2.43. The van der Waals surface area contributed by atoms with Crippen molar-refractivity contribution in [3.8, 4) is 17.2 Å². The molecule has 7 nitrogen and oxygen atoms in total. The van der Waals surface area contributed by atoms with Gasteiger partial charge in [0.05, 0.1) is 25.3 Å². The Hall–Kier alpha value is -4.26. The van der Waals surface area contributed by atoms with Gasteiger partial charge in [0.2, 0.25) is 0 Å². The van der Waals surface area contributed by atoms with Crippen LogP contribution < -0.4 is 14.2 Å². The van der Waals surface area contributed by atoms with Gasteiger partial charge in [0, 0.05) is 18.5 Å². The summed E-state index contributed by atoms with van der Waals surface area (Å²) < 4.78 is 17.4. The second kappa shape index (κ2) is 12.5. The Balaban J connectivity index is 1.54. The molecule has 1 fully saturated rings. The highest BCUT2D eigenvalue weighted by molar-refractivity contribution is 6.46. The van der Waals surface area contributed by atoms with Crippen LogP contribution in [0.3, 0.4) is 0 Å². The number of carbonyl (C=O) groups is 2. The average molecular weight is 556 g/mol. The van der Waals surface area contributed by atoms with Crippen molar-refractivity contribution in [1.82, 2.24) is 4.90 Å². The summed E-state index contributed by atoms with van der Waals surface area (Å²) in [6.07, 6.45) is 4.42. The molecule has 0 aliphatic carbocycles. The molecule has 5 rings (SSSR count). The van der Waals surface area contributed by atoms with E-state index in [4.69, 9.17) is 14.2 Å². The van der Waals surface area contributed by atoms with Crippen molar-refractivity contribution in [3.63, 3.8) is 0 Å². The molecule has 0 unspecified atom stereocenters. The smallest absolute Gasteiger partial charge is 0.295 e. The van der Waals surface area contributed by atoms with Gasteiger partial charge in [-0.3, -0.25) is 9.59 Å². The molecule has 1 amide bonds. The number of hydrogen-bond donors (Lipinski definition) is 1. The van der Waals surface area contributed by atoms with Crippen LogP contribution >= 0.6 is 0 Å². The Morgan fingerprint density at radius 2 is 1.83 bits per heavy atom. The molecule has 2 atom stereocenters. The first-order valence-corrected chi connectivity index (χ1v) is 14.3. The zero-order valence-corrected chi connectivity index (χ0v) is 23.9. The number of unbranched alkanes of at least 4 members (excludes halogenated alkanes) is 2. The Morgan fingerprint density at radius 1 is 1.02 bits per heavy atom. The summed E-state index contributed by atoms with van der Waals surface area (Å²) in [6, 6.07) is 19.9. The van der Waals surface area contributed by atoms with Crippen LogP contribution in [0, 0.1) is 0 Å². The number of ketones is 1. The van der Waals surface area contributed by atoms with Crippen LogP contribution in [0.1, 0.15) is 61.4 Å². The molecule has 3 aromatic carbocycles. The molecular formula is C34H37NO6. The van der Waals surface area contributed by atoms with E-state index in [0.29, 0.717) is 48.6 Å². The van der Waals surface area contributed by atoms with Crippen molar-refractivity contribution < 1.29 is 28.9 Å². The SMILES string of the molecule is CCCCCOc1ccc([C@H]2C(=C(O)c3ccc4c(c3)C[C@@H](C)O4)C(=O)C(=O)N2CCc2ccccc2)cc1OC. The first kappa shape index (κ1) is 28.3. The van der Waals surface area contributed by atoms with Crippen molar-refractivity contribution in [1.29, 1.82) is 0 Å². The minimum absolute atomic E-state index is 0.0427. The lowest BCUT2D eigenvalue weighted by Gasteiger charge is -2.26. The minimum atomic E-state index is -0.787. The van der Waals surface area contributed by atoms with Crippen molar-refractivity contribution in [2.24, 2.45) is 0 Å². The molecule has 0 aromatic heterocycles. The number of likely N-dealkylation sites (tertiary alicyclic amines) is 1. The van der Waals surface area contributed by atoms with Gasteiger partial charge in [0.1, 0.15) is 17.6 Å². The van der Waals surface area contributed by atoms with Gasteiger partial charge in [0.25, 0.3) is 11.7 Å². The zero-order chi connectivity index (χ0) is 28.9. The highest BCUT2D eigenvalue weighted by atomic mass is 16.5. The molecule has 1 N–H and O–H groups in total. The fourth-order valence-corrected chi connectivity index (χ4v) is 5.58. The minimum Gasteiger partial charge on any atom is -0.507 e. The quantitative estimate of drug-likeness (QED) is 0.130. The van der Waals surface area contributed by atoms with Crippen LogP contribution in [0.15, 0.2) is 72.3 Å². The third-order valence-corrected chi connectivity index (χ3v) is 7.70. The number of benzene rings is 3. The Labute approximate surface area is 241 Å². The lowest BCUT2D eigenvalue weighted by atomic mass is 9.94. The fourth-order valence-electron chi connectivity index (χ4n) is 5.58. The molecule has 2 aliphatic heterocycles. The third kappa shape index (κ3) is 5.94. The van der Waals surface area contributed by atoms with E-state index < -0.39 is 17.7 Å². The van der Waals surface area contributed by atoms with Gasteiger partial charge in [-0.15, -0.1) is 0 Å². The van der Waals surface area contributed by atoms with Crippen LogP contribution in [0.2, 0.25) is 0 Å². The van der Waals surface area contributed by atoms with Gasteiger partial charge in [0.15, 0.2) is 11.5 Å². The van der Waals surface area contributed by atoms with E-state index >= 15 is 0 Å². The van der Waals surface area contributed by atoms with Crippen molar-refractivity contribution in [2.45, 2.75) is 58.1 Å². The van der Waals surface area contributed by atoms with E-state index in [1.807, 2.05) is 61.5 Å². The van der Waals surface area contributed by atoms with Crippen LogP contribution in [-0.4, -0.2) is 48.1 Å². The van der Waals surface area contributed by atoms with Crippen LogP contribution in [-0.2, 0) is 22.4 Å². The zero-order valence-electron chi connectivity index (χ0n) is 23.9. The third-order valence-electron chi connectivity index (χ3n) is 7.70. The van der Waals surface area contributed by atoms with Crippen LogP contribution in [0.4, 0.5) is 0 Å². The topological polar surface area (TPSA) is 85.3 Å². The van der Waals surface area contributed by atoms with E-state index in [-0.39, 0.29) is 17.4 Å². The predicted molar refractivity (Wildman–Crippen MR) is 157 cm³/mol. The summed E-state index contributed by atoms with van der Waals surface area (Å²) in [6.45, 7) is 5.01. The normalized spacial score (nSPS) is 19.2. The molecule has 0 saturated carbocycles. The first-order valence-electron chi connectivity index (χ1n) is 14.3. The first-order chi connectivity index (χ1) is 19.9. The molecule has 41 heavy (non-hydrogen) atoms. The summed E-state index contributed by atoms with van der Waals surface area (Å²) in [4.78, 5) is 28.6. The molecule has 0 bridgehead atoms. The number of ether oxygens (including phenoxy) is 3. The molecular weight excluding hydrogens is 518 g/mol. The largest absolute Gasteiger partial charge is 0.507 e. The van der Waals surface area contributed by atoms with Crippen LogP contribution in [0.5, 0.6) is 17.2 Å². The van der Waals surface area contributed by atoms with E-state index in [2.05, 4.69) is 6.92 Å². The number of methoxy groups -OCH3 is 1. The number of amides is 1. The van der Waals surface area contributed by atoms with Gasteiger partial charge < -0.3 is 24.2 Å².